The standard InChI is InChI=1S/C29H34FN3O4S/c1-3-20-31-29(35)26(4-2)32(21-19-23-13-7-5-8-14-23)28(34)22-33(27-18-12-11-17-25(27)30)38(36,37)24-15-9-6-10-16-24/h5-18,26H,3-4,19-22H2,1-2H3,(H,31,35)/t26-/m0/s1. The van der Waals surface area contributed by atoms with Crippen LogP contribution in [0.2, 0.25) is 0 Å². The number of sulfonamides is 1. The minimum atomic E-state index is -4.29. The van der Waals surface area contributed by atoms with Crippen LogP contribution in [0.3, 0.4) is 0 Å². The summed E-state index contributed by atoms with van der Waals surface area (Å²) in [5, 5.41) is 2.84. The molecule has 0 unspecified atom stereocenters. The molecule has 2 amide bonds. The molecule has 0 aliphatic heterocycles. The number of rotatable bonds is 13. The lowest BCUT2D eigenvalue weighted by atomic mass is 10.1. The van der Waals surface area contributed by atoms with E-state index in [1.54, 1.807) is 25.1 Å². The summed E-state index contributed by atoms with van der Waals surface area (Å²) in [6.45, 7) is 3.72. The molecule has 0 radical (unpaired) electrons. The van der Waals surface area contributed by atoms with Crippen molar-refractivity contribution in [1.82, 2.24) is 10.2 Å². The summed E-state index contributed by atoms with van der Waals surface area (Å²) in [5.74, 6) is -1.68. The molecule has 0 saturated heterocycles. The largest absolute Gasteiger partial charge is 0.354 e. The van der Waals surface area contributed by atoms with E-state index in [9.17, 15) is 22.4 Å². The Bertz CT molecular complexity index is 1300. The number of nitrogens with one attached hydrogen (secondary N) is 1. The van der Waals surface area contributed by atoms with Gasteiger partial charge in [0.2, 0.25) is 11.8 Å². The van der Waals surface area contributed by atoms with Crippen molar-refractivity contribution in [3.8, 4) is 0 Å². The third kappa shape index (κ3) is 7.19. The topological polar surface area (TPSA) is 86.8 Å². The lowest BCUT2D eigenvalue weighted by Gasteiger charge is -2.33. The second-order valence-corrected chi connectivity index (χ2v) is 10.7. The van der Waals surface area contributed by atoms with E-state index in [2.05, 4.69) is 5.32 Å². The van der Waals surface area contributed by atoms with Crippen LogP contribution in [-0.4, -0.2) is 50.8 Å². The van der Waals surface area contributed by atoms with Gasteiger partial charge in [0.05, 0.1) is 10.6 Å². The Morgan fingerprint density at radius 3 is 2.11 bits per heavy atom. The maximum absolute atomic E-state index is 14.9. The molecule has 0 spiro atoms. The van der Waals surface area contributed by atoms with Gasteiger partial charge in [-0.05, 0) is 49.1 Å². The van der Waals surface area contributed by atoms with Gasteiger partial charge in [-0.15, -0.1) is 0 Å². The summed E-state index contributed by atoms with van der Waals surface area (Å²) >= 11 is 0. The Labute approximate surface area is 224 Å². The molecule has 202 valence electrons. The molecule has 3 aromatic carbocycles. The van der Waals surface area contributed by atoms with E-state index < -0.39 is 34.3 Å². The maximum atomic E-state index is 14.9. The van der Waals surface area contributed by atoms with Crippen LogP contribution in [0.1, 0.15) is 32.3 Å². The summed E-state index contributed by atoms with van der Waals surface area (Å²) in [6.07, 6.45) is 1.53. The van der Waals surface area contributed by atoms with Crippen molar-refractivity contribution in [1.29, 1.82) is 0 Å². The highest BCUT2D eigenvalue weighted by Gasteiger charge is 2.34. The lowest BCUT2D eigenvalue weighted by Crippen LogP contribution is -2.53. The Balaban J connectivity index is 1.99. The average Bonchev–Trinajstić information content (AvgIpc) is 2.94. The average molecular weight is 540 g/mol. The molecule has 38 heavy (non-hydrogen) atoms. The van der Waals surface area contributed by atoms with Gasteiger partial charge >= 0.3 is 0 Å². The summed E-state index contributed by atoms with van der Waals surface area (Å²) in [7, 11) is -4.29. The van der Waals surface area contributed by atoms with Gasteiger partial charge in [-0.25, -0.2) is 12.8 Å². The van der Waals surface area contributed by atoms with Gasteiger partial charge in [-0.1, -0.05) is 74.5 Å². The van der Waals surface area contributed by atoms with Crippen LogP contribution in [0.15, 0.2) is 89.8 Å². The highest BCUT2D eigenvalue weighted by Crippen LogP contribution is 2.26. The molecule has 0 aromatic heterocycles. The van der Waals surface area contributed by atoms with Crippen LogP contribution in [0, 0.1) is 5.82 Å². The van der Waals surface area contributed by atoms with Crippen molar-refractivity contribution in [3.63, 3.8) is 0 Å². The molecule has 3 rings (SSSR count). The Morgan fingerprint density at radius 2 is 1.50 bits per heavy atom. The minimum Gasteiger partial charge on any atom is -0.354 e. The van der Waals surface area contributed by atoms with Gasteiger partial charge in [0, 0.05) is 13.1 Å². The molecule has 0 heterocycles. The maximum Gasteiger partial charge on any atom is 0.264 e. The van der Waals surface area contributed by atoms with Crippen molar-refractivity contribution in [2.75, 3.05) is 23.9 Å². The van der Waals surface area contributed by atoms with Crippen molar-refractivity contribution >= 4 is 27.5 Å². The summed E-state index contributed by atoms with van der Waals surface area (Å²) < 4.78 is 43.0. The molecule has 0 aliphatic rings. The van der Waals surface area contributed by atoms with Crippen LogP contribution in [0.5, 0.6) is 0 Å². The fourth-order valence-corrected chi connectivity index (χ4v) is 5.59. The van der Waals surface area contributed by atoms with E-state index in [0.717, 1.165) is 22.4 Å². The smallest absolute Gasteiger partial charge is 0.264 e. The van der Waals surface area contributed by atoms with Crippen LogP contribution in [0.4, 0.5) is 10.1 Å². The van der Waals surface area contributed by atoms with E-state index in [0.29, 0.717) is 19.4 Å². The monoisotopic (exact) mass is 539 g/mol. The first-order valence-corrected chi connectivity index (χ1v) is 14.2. The number of carbonyl (C=O) groups excluding carboxylic acids is 2. The fourth-order valence-electron chi connectivity index (χ4n) is 4.15. The Hall–Kier alpha value is -3.72. The molecule has 0 saturated carbocycles. The van der Waals surface area contributed by atoms with Crippen molar-refractivity contribution < 1.29 is 22.4 Å². The predicted octanol–water partition coefficient (Wildman–Crippen LogP) is 4.40. The number of nitrogens with zero attached hydrogens (tertiary/aromatic N) is 2. The third-order valence-corrected chi connectivity index (χ3v) is 7.92. The molecule has 0 bridgehead atoms. The van der Waals surface area contributed by atoms with Gasteiger partial charge in [0.15, 0.2) is 0 Å². The van der Waals surface area contributed by atoms with E-state index in [1.807, 2.05) is 37.3 Å². The van der Waals surface area contributed by atoms with Crippen molar-refractivity contribution in [2.24, 2.45) is 0 Å². The number of para-hydroxylation sites is 1. The van der Waals surface area contributed by atoms with Crippen molar-refractivity contribution in [2.45, 2.75) is 44.0 Å². The summed E-state index contributed by atoms with van der Waals surface area (Å²) in [4.78, 5) is 28.2. The molecule has 1 atom stereocenters. The van der Waals surface area contributed by atoms with E-state index in [1.165, 1.54) is 35.2 Å². The summed E-state index contributed by atoms with van der Waals surface area (Å²) in [5.41, 5.74) is 0.730. The highest BCUT2D eigenvalue weighted by molar-refractivity contribution is 7.92. The van der Waals surface area contributed by atoms with Crippen LogP contribution in [-0.2, 0) is 26.0 Å². The lowest BCUT2D eigenvalue weighted by molar-refractivity contribution is -0.139. The van der Waals surface area contributed by atoms with E-state index in [-0.39, 0.29) is 23.0 Å². The zero-order chi connectivity index (χ0) is 27.5. The molecule has 7 nitrogen and oxygen atoms in total. The molecule has 0 aliphatic carbocycles. The molecule has 0 fully saturated rings. The molecule has 9 heteroatoms. The Kier molecular flexibility index (Phi) is 10.4. The van der Waals surface area contributed by atoms with E-state index >= 15 is 0 Å². The summed E-state index contributed by atoms with van der Waals surface area (Å²) in [6, 6.07) is 21.7. The van der Waals surface area contributed by atoms with Gasteiger partial charge < -0.3 is 10.2 Å². The van der Waals surface area contributed by atoms with Gasteiger partial charge in [-0.2, -0.15) is 0 Å². The zero-order valence-corrected chi connectivity index (χ0v) is 22.5. The Morgan fingerprint density at radius 1 is 0.895 bits per heavy atom. The van der Waals surface area contributed by atoms with Gasteiger partial charge in [0.25, 0.3) is 10.0 Å². The van der Waals surface area contributed by atoms with Crippen LogP contribution >= 0.6 is 0 Å². The third-order valence-electron chi connectivity index (χ3n) is 6.15. The first-order chi connectivity index (χ1) is 18.3. The fraction of sp³-hybridized carbons (Fsp3) is 0.310. The number of amides is 2. The number of carbonyl (C=O) groups is 2. The highest BCUT2D eigenvalue weighted by atomic mass is 32.2. The zero-order valence-electron chi connectivity index (χ0n) is 21.7. The first-order valence-electron chi connectivity index (χ1n) is 12.7. The second-order valence-electron chi connectivity index (χ2n) is 8.81. The number of hydrogen-bond acceptors (Lipinski definition) is 4. The quantitative estimate of drug-likeness (QED) is 0.349. The predicted molar refractivity (Wildman–Crippen MR) is 147 cm³/mol. The SMILES string of the molecule is CCCNC(=O)[C@H](CC)N(CCc1ccccc1)C(=O)CN(c1ccccc1F)S(=O)(=O)c1ccccc1. The van der Waals surface area contributed by atoms with Crippen molar-refractivity contribution in [3.05, 3.63) is 96.3 Å². The number of anilines is 1. The van der Waals surface area contributed by atoms with Gasteiger partial charge in [-0.3, -0.25) is 13.9 Å². The minimum absolute atomic E-state index is 0.0698. The van der Waals surface area contributed by atoms with Gasteiger partial charge in [0.1, 0.15) is 18.4 Å². The molecule has 1 N–H and O–H groups in total. The molecule has 3 aromatic rings. The number of halogens is 1. The second kappa shape index (κ2) is 13.7. The molecular formula is C29H34FN3O4S. The van der Waals surface area contributed by atoms with E-state index in [4.69, 9.17) is 0 Å². The number of hydrogen-bond donors (Lipinski definition) is 1. The van der Waals surface area contributed by atoms with Crippen LogP contribution in [0.25, 0.3) is 0 Å². The first kappa shape index (κ1) is 28.8. The normalized spacial score (nSPS) is 12.0. The molecular weight excluding hydrogens is 505 g/mol. The van der Waals surface area contributed by atoms with Crippen LogP contribution < -0.4 is 9.62 Å². The number of benzene rings is 3.